The second-order valence-electron chi connectivity index (χ2n) is 6.69. The number of carbonyl (C=O) groups excluding carboxylic acids is 1. The highest BCUT2D eigenvalue weighted by molar-refractivity contribution is 6.08. The van der Waals surface area contributed by atoms with Crippen LogP contribution in [0.25, 0.3) is 0 Å². The number of aliphatic hydroxyl groups excluding tert-OH is 2. The average molecular weight is 347 g/mol. The lowest BCUT2D eigenvalue weighted by Gasteiger charge is -2.33. The van der Waals surface area contributed by atoms with Crippen LogP contribution in [0, 0.1) is 11.6 Å². The van der Waals surface area contributed by atoms with Gasteiger partial charge in [0.2, 0.25) is 5.91 Å². The summed E-state index contributed by atoms with van der Waals surface area (Å²) < 4.78 is 28.3. The number of hydrogen-bond donors (Lipinski definition) is 2. The molecule has 0 fully saturated rings. The van der Waals surface area contributed by atoms with Crippen molar-refractivity contribution in [3.8, 4) is 0 Å². The molecule has 3 rings (SSSR count). The van der Waals surface area contributed by atoms with E-state index in [0.29, 0.717) is 5.56 Å². The number of amides is 1. The maximum atomic E-state index is 14.6. The standard InChI is InChI=1S/C19H19F2NO3/c1-19(2)13-7-4-8-14(21)17(13)22(18(19)25)16(15(24)10-23)11-5-3-6-12(20)9-11/h3-9,15-16,23-24H,10H2,1-2H3. The van der Waals surface area contributed by atoms with Crippen LogP contribution in [-0.4, -0.2) is 28.8 Å². The molecule has 0 spiro atoms. The Morgan fingerprint density at radius 3 is 2.48 bits per heavy atom. The van der Waals surface area contributed by atoms with Gasteiger partial charge in [-0.25, -0.2) is 8.78 Å². The maximum Gasteiger partial charge on any atom is 0.237 e. The van der Waals surface area contributed by atoms with Gasteiger partial charge in [-0.3, -0.25) is 9.69 Å². The summed E-state index contributed by atoms with van der Waals surface area (Å²) in [4.78, 5) is 14.2. The van der Waals surface area contributed by atoms with E-state index in [0.717, 1.165) is 4.90 Å². The molecule has 1 aliphatic heterocycles. The van der Waals surface area contributed by atoms with Crippen LogP contribution in [0.2, 0.25) is 0 Å². The predicted octanol–water partition coefficient (Wildman–Crippen LogP) is 2.68. The normalized spacial score (nSPS) is 18.2. The number of fused-ring (bicyclic) bond motifs is 1. The van der Waals surface area contributed by atoms with Crippen LogP contribution in [0.1, 0.15) is 31.0 Å². The smallest absolute Gasteiger partial charge is 0.237 e. The summed E-state index contributed by atoms with van der Waals surface area (Å²) in [6, 6.07) is 8.68. The van der Waals surface area contributed by atoms with Gasteiger partial charge in [-0.1, -0.05) is 24.3 Å². The second kappa shape index (κ2) is 6.20. The van der Waals surface area contributed by atoms with Gasteiger partial charge in [-0.2, -0.15) is 0 Å². The number of benzene rings is 2. The lowest BCUT2D eigenvalue weighted by molar-refractivity contribution is -0.123. The molecule has 2 aromatic carbocycles. The molecule has 0 saturated carbocycles. The van der Waals surface area contributed by atoms with Crippen molar-refractivity contribution in [1.82, 2.24) is 0 Å². The fraction of sp³-hybridized carbons (Fsp3) is 0.316. The van der Waals surface area contributed by atoms with E-state index in [2.05, 4.69) is 0 Å². The quantitative estimate of drug-likeness (QED) is 0.894. The molecular weight excluding hydrogens is 328 g/mol. The first-order valence-electron chi connectivity index (χ1n) is 7.96. The first-order chi connectivity index (χ1) is 11.8. The predicted molar refractivity (Wildman–Crippen MR) is 89.1 cm³/mol. The third kappa shape index (κ3) is 2.71. The molecule has 25 heavy (non-hydrogen) atoms. The number of rotatable bonds is 4. The van der Waals surface area contributed by atoms with E-state index in [1.165, 1.54) is 36.4 Å². The molecule has 2 N–H and O–H groups in total. The summed E-state index contributed by atoms with van der Waals surface area (Å²) in [6.45, 7) is 2.68. The molecule has 0 aliphatic carbocycles. The zero-order valence-corrected chi connectivity index (χ0v) is 13.9. The monoisotopic (exact) mass is 347 g/mol. The van der Waals surface area contributed by atoms with Crippen molar-refractivity contribution in [2.45, 2.75) is 31.4 Å². The highest BCUT2D eigenvalue weighted by atomic mass is 19.1. The first kappa shape index (κ1) is 17.5. The van der Waals surface area contributed by atoms with Crippen molar-refractivity contribution < 1.29 is 23.8 Å². The first-order valence-corrected chi connectivity index (χ1v) is 7.96. The van der Waals surface area contributed by atoms with Crippen LogP contribution < -0.4 is 4.90 Å². The highest BCUT2D eigenvalue weighted by Crippen LogP contribution is 2.47. The van der Waals surface area contributed by atoms with Crippen LogP contribution in [0.4, 0.5) is 14.5 Å². The summed E-state index contributed by atoms with van der Waals surface area (Å²) in [7, 11) is 0. The number of aliphatic hydroxyl groups is 2. The summed E-state index contributed by atoms with van der Waals surface area (Å²) in [5.74, 6) is -1.58. The second-order valence-corrected chi connectivity index (χ2v) is 6.69. The van der Waals surface area contributed by atoms with Crippen molar-refractivity contribution in [3.05, 3.63) is 65.2 Å². The molecule has 1 heterocycles. The van der Waals surface area contributed by atoms with Crippen LogP contribution in [0.5, 0.6) is 0 Å². The average Bonchev–Trinajstić information content (AvgIpc) is 2.77. The Morgan fingerprint density at radius 2 is 1.84 bits per heavy atom. The molecule has 0 aromatic heterocycles. The van der Waals surface area contributed by atoms with Crippen molar-refractivity contribution in [2.75, 3.05) is 11.5 Å². The molecule has 4 nitrogen and oxygen atoms in total. The van der Waals surface area contributed by atoms with Crippen LogP contribution >= 0.6 is 0 Å². The van der Waals surface area contributed by atoms with Gasteiger partial charge >= 0.3 is 0 Å². The van der Waals surface area contributed by atoms with Crippen molar-refractivity contribution in [2.24, 2.45) is 0 Å². The van der Waals surface area contributed by atoms with Gasteiger partial charge < -0.3 is 10.2 Å². The minimum Gasteiger partial charge on any atom is -0.394 e. The van der Waals surface area contributed by atoms with Crippen molar-refractivity contribution in [1.29, 1.82) is 0 Å². The summed E-state index contributed by atoms with van der Waals surface area (Å²) >= 11 is 0. The topological polar surface area (TPSA) is 60.8 Å². The number of para-hydroxylation sites is 1. The maximum absolute atomic E-state index is 14.6. The van der Waals surface area contributed by atoms with E-state index >= 15 is 0 Å². The fourth-order valence-corrected chi connectivity index (χ4v) is 3.38. The molecular formula is C19H19F2NO3. The molecule has 6 heteroatoms. The number of halogens is 2. The molecule has 0 radical (unpaired) electrons. The van der Waals surface area contributed by atoms with Crippen LogP contribution in [0.3, 0.4) is 0 Å². The van der Waals surface area contributed by atoms with Gasteiger partial charge in [0.15, 0.2) is 0 Å². The van der Waals surface area contributed by atoms with Gasteiger partial charge in [0.25, 0.3) is 0 Å². The van der Waals surface area contributed by atoms with Crippen LogP contribution in [0.15, 0.2) is 42.5 Å². The Morgan fingerprint density at radius 1 is 1.16 bits per heavy atom. The lowest BCUT2D eigenvalue weighted by atomic mass is 9.86. The van der Waals surface area contributed by atoms with Gasteiger partial charge in [0.1, 0.15) is 17.7 Å². The Balaban J connectivity index is 2.22. The Hall–Kier alpha value is -2.31. The minimum absolute atomic E-state index is 0.0549. The van der Waals surface area contributed by atoms with E-state index in [-0.39, 0.29) is 11.3 Å². The van der Waals surface area contributed by atoms with Gasteiger partial charge in [-0.15, -0.1) is 0 Å². The largest absolute Gasteiger partial charge is 0.394 e. The molecule has 0 bridgehead atoms. The summed E-state index contributed by atoms with van der Waals surface area (Å²) in [5.41, 5.74) is -0.178. The number of hydrogen-bond acceptors (Lipinski definition) is 3. The summed E-state index contributed by atoms with van der Waals surface area (Å²) in [6.07, 6.45) is -1.40. The summed E-state index contributed by atoms with van der Waals surface area (Å²) in [5, 5.41) is 19.8. The highest BCUT2D eigenvalue weighted by Gasteiger charge is 2.49. The van der Waals surface area contributed by atoms with Crippen LogP contribution in [-0.2, 0) is 10.2 Å². The van der Waals surface area contributed by atoms with E-state index in [4.69, 9.17) is 0 Å². The molecule has 1 amide bonds. The minimum atomic E-state index is -1.40. The Labute approximate surface area is 144 Å². The van der Waals surface area contributed by atoms with Gasteiger partial charge in [-0.05, 0) is 43.2 Å². The van der Waals surface area contributed by atoms with E-state index in [9.17, 15) is 23.8 Å². The van der Waals surface area contributed by atoms with Gasteiger partial charge in [0.05, 0.1) is 23.8 Å². The molecule has 2 aromatic rings. The molecule has 2 unspecified atom stereocenters. The third-order valence-corrected chi connectivity index (χ3v) is 4.67. The molecule has 0 saturated heterocycles. The van der Waals surface area contributed by atoms with Crippen molar-refractivity contribution in [3.63, 3.8) is 0 Å². The molecule has 2 atom stereocenters. The van der Waals surface area contributed by atoms with E-state index < -0.39 is 41.7 Å². The Kier molecular flexibility index (Phi) is 4.34. The fourth-order valence-electron chi connectivity index (χ4n) is 3.38. The molecule has 132 valence electrons. The zero-order valence-electron chi connectivity index (χ0n) is 13.9. The zero-order chi connectivity index (χ0) is 18.4. The number of anilines is 1. The Bertz CT molecular complexity index is 822. The van der Waals surface area contributed by atoms with E-state index in [1.54, 1.807) is 19.9 Å². The lowest BCUT2D eigenvalue weighted by Crippen LogP contribution is -2.44. The van der Waals surface area contributed by atoms with Gasteiger partial charge in [0, 0.05) is 0 Å². The SMILES string of the molecule is CC1(C)C(=O)N(C(c2cccc(F)c2)C(O)CO)c2c(F)cccc21. The number of nitrogens with zero attached hydrogens (tertiary/aromatic N) is 1. The van der Waals surface area contributed by atoms with E-state index in [1.807, 2.05) is 0 Å². The molecule has 1 aliphatic rings. The number of carbonyl (C=O) groups is 1. The van der Waals surface area contributed by atoms with Crippen molar-refractivity contribution >= 4 is 11.6 Å². The third-order valence-electron chi connectivity index (χ3n) is 4.67.